The Kier molecular flexibility index (Phi) is 4.05. The maximum Gasteiger partial charge on any atom is 0.322 e. The van der Waals surface area contributed by atoms with Crippen molar-refractivity contribution in [1.29, 1.82) is 0 Å². The summed E-state index contributed by atoms with van der Waals surface area (Å²) in [5.74, 6) is -4.05. The van der Waals surface area contributed by atoms with E-state index in [-0.39, 0.29) is 13.0 Å². The molecule has 1 aromatic carbocycles. The maximum atomic E-state index is 13.5. The lowest BCUT2D eigenvalue weighted by atomic mass is 10.2. The molecule has 1 aromatic rings. The fourth-order valence-corrected chi connectivity index (χ4v) is 4.05. The van der Waals surface area contributed by atoms with Crippen molar-refractivity contribution in [2.24, 2.45) is 0 Å². The molecule has 1 aliphatic heterocycles. The molecule has 1 aliphatic rings. The van der Waals surface area contributed by atoms with Crippen LogP contribution in [0.5, 0.6) is 0 Å². The Balaban J connectivity index is 2.30. The van der Waals surface area contributed by atoms with Gasteiger partial charge in [0.15, 0.2) is 0 Å². The normalized spacial score (nSPS) is 20.2. The molecule has 1 atom stereocenters. The van der Waals surface area contributed by atoms with E-state index in [4.69, 9.17) is 5.11 Å². The van der Waals surface area contributed by atoms with Crippen molar-refractivity contribution >= 4 is 16.0 Å². The maximum absolute atomic E-state index is 13.5. The van der Waals surface area contributed by atoms with Crippen LogP contribution in [-0.2, 0) is 20.6 Å². The third-order valence-electron chi connectivity index (χ3n) is 3.23. The monoisotopic (exact) mass is 305 g/mol. The Morgan fingerprint density at radius 3 is 2.50 bits per heavy atom. The number of aliphatic carboxylic acids is 1. The molecule has 0 unspecified atom stereocenters. The second-order valence-electron chi connectivity index (χ2n) is 4.56. The number of nitrogens with zero attached hydrogens (tertiary/aromatic N) is 1. The fraction of sp³-hybridized carbons (Fsp3) is 0.417. The highest BCUT2D eigenvalue weighted by molar-refractivity contribution is 7.88. The second kappa shape index (κ2) is 5.45. The standard InChI is InChI=1S/C12H13F2NO4S/c13-9-3-1-4-10(14)8(9)7-20(18,19)15-6-2-5-11(15)12(16)17/h1,3-4,11H,2,5-7H2,(H,16,17)/t11-/m1/s1. The van der Waals surface area contributed by atoms with E-state index in [2.05, 4.69) is 0 Å². The van der Waals surface area contributed by atoms with Gasteiger partial charge in [0.2, 0.25) is 10.0 Å². The summed E-state index contributed by atoms with van der Waals surface area (Å²) in [6.45, 7) is 0.0510. The molecule has 20 heavy (non-hydrogen) atoms. The molecule has 0 saturated carbocycles. The molecule has 1 heterocycles. The predicted octanol–water partition coefficient (Wildman–Crippen LogP) is 1.34. The highest BCUT2D eigenvalue weighted by atomic mass is 32.2. The first-order chi connectivity index (χ1) is 9.33. The van der Waals surface area contributed by atoms with Gasteiger partial charge in [0.1, 0.15) is 17.7 Å². The van der Waals surface area contributed by atoms with Gasteiger partial charge in [0.25, 0.3) is 0 Å². The Labute approximate surface area is 114 Å². The van der Waals surface area contributed by atoms with Gasteiger partial charge in [-0.1, -0.05) is 6.07 Å². The topological polar surface area (TPSA) is 74.7 Å². The number of hydrogen-bond donors (Lipinski definition) is 1. The van der Waals surface area contributed by atoms with E-state index in [9.17, 15) is 22.0 Å². The Morgan fingerprint density at radius 2 is 1.95 bits per heavy atom. The Bertz CT molecular complexity index is 612. The molecule has 110 valence electrons. The van der Waals surface area contributed by atoms with Gasteiger partial charge < -0.3 is 5.11 Å². The van der Waals surface area contributed by atoms with Gasteiger partial charge in [-0.05, 0) is 25.0 Å². The van der Waals surface area contributed by atoms with Crippen LogP contribution in [0.1, 0.15) is 18.4 Å². The largest absolute Gasteiger partial charge is 0.480 e. The average molecular weight is 305 g/mol. The molecule has 2 rings (SSSR count). The van der Waals surface area contributed by atoms with Crippen LogP contribution in [0.3, 0.4) is 0 Å². The van der Waals surface area contributed by atoms with Crippen LogP contribution in [0.15, 0.2) is 18.2 Å². The van der Waals surface area contributed by atoms with Gasteiger partial charge in [0.05, 0.1) is 5.75 Å². The third kappa shape index (κ3) is 2.80. The van der Waals surface area contributed by atoms with Crippen molar-refractivity contribution in [2.45, 2.75) is 24.6 Å². The number of carboxylic acid groups (broad SMARTS) is 1. The van der Waals surface area contributed by atoms with Crippen molar-refractivity contribution in [3.63, 3.8) is 0 Å². The first-order valence-corrected chi connectivity index (χ1v) is 7.59. The van der Waals surface area contributed by atoms with Crippen LogP contribution < -0.4 is 0 Å². The lowest BCUT2D eigenvalue weighted by Crippen LogP contribution is -2.41. The number of carbonyl (C=O) groups is 1. The summed E-state index contributed by atoms with van der Waals surface area (Å²) < 4.78 is 52.1. The summed E-state index contributed by atoms with van der Waals surface area (Å²) in [6.07, 6.45) is 0.615. The minimum atomic E-state index is -4.08. The quantitative estimate of drug-likeness (QED) is 0.911. The van der Waals surface area contributed by atoms with Gasteiger partial charge in [-0.3, -0.25) is 4.79 Å². The zero-order chi connectivity index (χ0) is 14.9. The SMILES string of the molecule is O=C(O)[C@H]1CCCN1S(=O)(=O)Cc1c(F)cccc1F. The molecule has 0 spiro atoms. The second-order valence-corrected chi connectivity index (χ2v) is 6.48. The van der Waals surface area contributed by atoms with Crippen LogP contribution in [0, 0.1) is 11.6 Å². The molecule has 1 fully saturated rings. The van der Waals surface area contributed by atoms with Gasteiger partial charge in [-0.2, -0.15) is 4.31 Å². The van der Waals surface area contributed by atoms with Crippen molar-refractivity contribution in [3.05, 3.63) is 35.4 Å². The molecular formula is C12H13F2NO4S. The first-order valence-electron chi connectivity index (χ1n) is 5.98. The molecule has 0 aromatic heterocycles. The number of sulfonamides is 1. The lowest BCUT2D eigenvalue weighted by Gasteiger charge is -2.21. The number of benzene rings is 1. The van der Waals surface area contributed by atoms with Crippen molar-refractivity contribution in [1.82, 2.24) is 4.31 Å². The van der Waals surface area contributed by atoms with Gasteiger partial charge in [-0.15, -0.1) is 0 Å². The van der Waals surface area contributed by atoms with Crippen molar-refractivity contribution < 1.29 is 27.1 Å². The zero-order valence-corrected chi connectivity index (χ0v) is 11.2. The number of halogens is 2. The highest BCUT2D eigenvalue weighted by Crippen LogP contribution is 2.25. The summed E-state index contributed by atoms with van der Waals surface area (Å²) in [5.41, 5.74) is -0.566. The van der Waals surface area contributed by atoms with Crippen LogP contribution in [0.2, 0.25) is 0 Å². The number of carboxylic acids is 1. The number of rotatable bonds is 4. The highest BCUT2D eigenvalue weighted by Gasteiger charge is 2.39. The average Bonchev–Trinajstić information content (AvgIpc) is 2.84. The molecule has 0 aliphatic carbocycles. The van der Waals surface area contributed by atoms with E-state index in [0.717, 1.165) is 22.5 Å². The third-order valence-corrected chi connectivity index (χ3v) is 5.04. The first kappa shape index (κ1) is 14.9. The molecular weight excluding hydrogens is 292 g/mol. The van der Waals surface area contributed by atoms with Crippen molar-refractivity contribution in [3.8, 4) is 0 Å². The van der Waals surface area contributed by atoms with Crippen LogP contribution in [-0.4, -0.2) is 36.4 Å². The molecule has 8 heteroatoms. The van der Waals surface area contributed by atoms with E-state index in [1.807, 2.05) is 0 Å². The molecule has 1 saturated heterocycles. The van der Waals surface area contributed by atoms with Crippen LogP contribution >= 0.6 is 0 Å². The summed E-state index contributed by atoms with van der Waals surface area (Å²) in [7, 11) is -4.08. The van der Waals surface area contributed by atoms with E-state index in [0.29, 0.717) is 6.42 Å². The van der Waals surface area contributed by atoms with Gasteiger partial charge >= 0.3 is 5.97 Å². The van der Waals surface area contributed by atoms with Crippen LogP contribution in [0.25, 0.3) is 0 Å². The van der Waals surface area contributed by atoms with Gasteiger partial charge in [0, 0.05) is 12.1 Å². The predicted molar refractivity (Wildman–Crippen MR) is 66.3 cm³/mol. The van der Waals surface area contributed by atoms with E-state index in [1.165, 1.54) is 0 Å². The van der Waals surface area contributed by atoms with E-state index in [1.54, 1.807) is 0 Å². The van der Waals surface area contributed by atoms with E-state index >= 15 is 0 Å². The molecule has 1 N–H and O–H groups in total. The van der Waals surface area contributed by atoms with Gasteiger partial charge in [-0.25, -0.2) is 17.2 Å². The lowest BCUT2D eigenvalue weighted by molar-refractivity contribution is -0.140. The summed E-state index contributed by atoms with van der Waals surface area (Å²) >= 11 is 0. The minimum absolute atomic E-state index is 0.0510. The van der Waals surface area contributed by atoms with E-state index < -0.39 is 45.0 Å². The molecule has 5 nitrogen and oxygen atoms in total. The summed E-state index contributed by atoms with van der Waals surface area (Å²) in [6, 6.07) is 1.91. The van der Waals surface area contributed by atoms with Crippen LogP contribution in [0.4, 0.5) is 8.78 Å². The fourth-order valence-electron chi connectivity index (χ4n) is 2.26. The number of hydrogen-bond acceptors (Lipinski definition) is 3. The zero-order valence-electron chi connectivity index (χ0n) is 10.4. The molecule has 0 amide bonds. The Morgan fingerprint density at radius 1 is 1.35 bits per heavy atom. The van der Waals surface area contributed by atoms with Crippen molar-refractivity contribution in [2.75, 3.05) is 6.54 Å². The summed E-state index contributed by atoms with van der Waals surface area (Å²) in [5, 5.41) is 8.97. The summed E-state index contributed by atoms with van der Waals surface area (Å²) in [4.78, 5) is 11.0. The Hall–Kier alpha value is -1.54. The molecule has 0 bridgehead atoms. The minimum Gasteiger partial charge on any atom is -0.480 e. The smallest absolute Gasteiger partial charge is 0.322 e. The molecule has 0 radical (unpaired) electrons.